The van der Waals surface area contributed by atoms with Crippen LogP contribution >= 0.6 is 11.6 Å². The lowest BCUT2D eigenvalue weighted by Crippen LogP contribution is -2.22. The lowest BCUT2D eigenvalue weighted by molar-refractivity contribution is 0.0695. The Morgan fingerprint density at radius 3 is 2.72 bits per heavy atom. The fourth-order valence-corrected chi connectivity index (χ4v) is 4.08. The molecular weight excluding hydrogens is 437 g/mol. The molecule has 2 atom stereocenters. The van der Waals surface area contributed by atoms with Gasteiger partial charge in [0, 0.05) is 37.1 Å². The summed E-state index contributed by atoms with van der Waals surface area (Å²) >= 11 is 5.91. The number of aliphatic hydroxyl groups excluding tert-OH is 1. The van der Waals surface area contributed by atoms with Gasteiger partial charge in [-0.2, -0.15) is 0 Å². The van der Waals surface area contributed by atoms with Gasteiger partial charge in [0.25, 0.3) is 0 Å². The quantitative estimate of drug-likeness (QED) is 0.439. The number of H-pyrrole nitrogens is 1. The molecule has 0 aliphatic heterocycles. The maximum atomic E-state index is 14.5. The largest absolute Gasteiger partial charge is 0.477 e. The fourth-order valence-electron chi connectivity index (χ4n) is 3.88. The minimum Gasteiger partial charge on any atom is -0.477 e. The number of halogens is 2. The molecule has 8 heteroatoms. The molecule has 3 N–H and O–H groups in total. The third-order valence-electron chi connectivity index (χ3n) is 5.60. The molecule has 0 aliphatic rings. The van der Waals surface area contributed by atoms with Gasteiger partial charge in [-0.3, -0.25) is 4.79 Å². The Bertz CT molecular complexity index is 1190. The number of ether oxygens (including phenoxy) is 1. The Morgan fingerprint density at radius 1 is 1.31 bits per heavy atom. The average molecular weight is 462 g/mol. The van der Waals surface area contributed by atoms with Crippen LogP contribution in [0.2, 0.25) is 5.02 Å². The highest BCUT2D eigenvalue weighted by Gasteiger charge is 2.24. The predicted molar refractivity (Wildman–Crippen MR) is 121 cm³/mol. The van der Waals surface area contributed by atoms with E-state index in [0.29, 0.717) is 35.4 Å². The van der Waals surface area contributed by atoms with E-state index in [4.69, 9.17) is 16.3 Å². The number of pyridine rings is 1. The molecule has 0 spiro atoms. The number of aromatic carboxylic acids is 1. The van der Waals surface area contributed by atoms with Crippen molar-refractivity contribution in [3.63, 3.8) is 0 Å². The van der Waals surface area contributed by atoms with Gasteiger partial charge in [-0.05, 0) is 41.7 Å². The van der Waals surface area contributed by atoms with Crippen LogP contribution in [0.5, 0.6) is 0 Å². The van der Waals surface area contributed by atoms with E-state index in [2.05, 4.69) is 4.98 Å². The van der Waals surface area contributed by atoms with E-state index in [0.717, 1.165) is 6.20 Å². The molecule has 2 aromatic carbocycles. The minimum atomic E-state index is -1.34. The summed E-state index contributed by atoms with van der Waals surface area (Å²) in [7, 11) is 0. The summed E-state index contributed by atoms with van der Waals surface area (Å²) in [5, 5.41) is 19.7. The Hall–Kier alpha value is -2.74. The molecule has 0 bridgehead atoms. The Morgan fingerprint density at radius 2 is 2.06 bits per heavy atom. The van der Waals surface area contributed by atoms with Gasteiger partial charge in [0.1, 0.15) is 11.4 Å². The maximum Gasteiger partial charge on any atom is 0.341 e. The topological polar surface area (TPSA) is 99.6 Å². The normalized spacial score (nSPS) is 13.3. The number of carboxylic acids is 1. The van der Waals surface area contributed by atoms with E-state index >= 15 is 0 Å². The summed E-state index contributed by atoms with van der Waals surface area (Å²) in [5.41, 5.74) is 0.995. The first-order valence-electron chi connectivity index (χ1n) is 10.3. The molecule has 3 rings (SSSR count). The van der Waals surface area contributed by atoms with E-state index in [1.54, 1.807) is 18.2 Å². The summed E-state index contributed by atoms with van der Waals surface area (Å²) in [5.74, 6) is -2.37. The van der Waals surface area contributed by atoms with Crippen LogP contribution in [0.4, 0.5) is 4.39 Å². The molecule has 0 saturated heterocycles. The van der Waals surface area contributed by atoms with Gasteiger partial charge in [0.2, 0.25) is 5.43 Å². The van der Waals surface area contributed by atoms with Crippen molar-refractivity contribution in [1.29, 1.82) is 0 Å². The second-order valence-corrected chi connectivity index (χ2v) is 8.17. The minimum absolute atomic E-state index is 0.00639. The number of aromatic nitrogens is 1. The molecule has 6 nitrogen and oxygen atoms in total. The van der Waals surface area contributed by atoms with Gasteiger partial charge in [0.05, 0.1) is 17.1 Å². The molecule has 1 aromatic heterocycles. The second-order valence-electron chi connectivity index (χ2n) is 7.76. The van der Waals surface area contributed by atoms with Crippen molar-refractivity contribution < 1.29 is 24.1 Å². The molecule has 0 saturated carbocycles. The molecule has 0 amide bonds. The van der Waals surface area contributed by atoms with E-state index in [1.165, 1.54) is 6.07 Å². The summed E-state index contributed by atoms with van der Waals surface area (Å²) in [6.07, 6.45) is 1.30. The van der Waals surface area contributed by atoms with Crippen LogP contribution in [-0.2, 0) is 11.2 Å². The predicted octanol–water partition coefficient (Wildman–Crippen LogP) is 4.36. The Labute approximate surface area is 189 Å². The van der Waals surface area contributed by atoms with Crippen LogP contribution in [0, 0.1) is 11.7 Å². The summed E-state index contributed by atoms with van der Waals surface area (Å²) in [6, 6.07) is 8.06. The molecule has 3 aromatic rings. The summed E-state index contributed by atoms with van der Waals surface area (Å²) < 4.78 is 20.0. The number of nitrogens with one attached hydrogen (secondary N) is 1. The number of benzene rings is 2. The molecule has 170 valence electrons. The van der Waals surface area contributed by atoms with Crippen molar-refractivity contribution in [2.24, 2.45) is 5.92 Å². The van der Waals surface area contributed by atoms with Crippen LogP contribution in [0.3, 0.4) is 0 Å². The Balaban J connectivity index is 2.22. The second kappa shape index (κ2) is 10.3. The van der Waals surface area contributed by atoms with Crippen LogP contribution in [-0.4, -0.2) is 41.0 Å². The molecule has 32 heavy (non-hydrogen) atoms. The fraction of sp³-hybridized carbons (Fsp3) is 0.333. The lowest BCUT2D eigenvalue weighted by atomic mass is 9.85. The van der Waals surface area contributed by atoms with Crippen molar-refractivity contribution in [3.8, 4) is 0 Å². The number of carbonyl (C=O) groups is 1. The summed E-state index contributed by atoms with van der Waals surface area (Å²) in [6.45, 7) is 4.52. The SMILES string of the molecule is CCOCC(C)C(CO)c1cc(Cc2cccc(Cl)c2F)cc2c(=O)c(C(=O)O)c[nH]c12. The van der Waals surface area contributed by atoms with Crippen LogP contribution < -0.4 is 5.43 Å². The van der Waals surface area contributed by atoms with Gasteiger partial charge < -0.3 is 19.9 Å². The lowest BCUT2D eigenvalue weighted by Gasteiger charge is -2.24. The molecule has 0 radical (unpaired) electrons. The molecule has 0 fully saturated rings. The Kier molecular flexibility index (Phi) is 7.66. The average Bonchev–Trinajstić information content (AvgIpc) is 2.76. The summed E-state index contributed by atoms with van der Waals surface area (Å²) in [4.78, 5) is 27.3. The number of hydrogen-bond donors (Lipinski definition) is 3. The highest BCUT2D eigenvalue weighted by molar-refractivity contribution is 6.30. The van der Waals surface area contributed by atoms with Gasteiger partial charge in [-0.25, -0.2) is 9.18 Å². The third kappa shape index (κ3) is 4.85. The first-order chi connectivity index (χ1) is 15.3. The van der Waals surface area contributed by atoms with Crippen LogP contribution in [0.25, 0.3) is 10.9 Å². The molecular formula is C24H25ClFNO5. The van der Waals surface area contributed by atoms with Gasteiger partial charge in [0.15, 0.2) is 0 Å². The van der Waals surface area contributed by atoms with Crippen molar-refractivity contribution in [2.45, 2.75) is 26.2 Å². The molecule has 1 heterocycles. The number of aliphatic hydroxyl groups is 1. The van der Waals surface area contributed by atoms with Crippen molar-refractivity contribution >= 4 is 28.5 Å². The third-order valence-corrected chi connectivity index (χ3v) is 5.90. The number of rotatable bonds is 9. The zero-order valence-corrected chi connectivity index (χ0v) is 18.6. The first-order valence-corrected chi connectivity index (χ1v) is 10.7. The van der Waals surface area contributed by atoms with Crippen molar-refractivity contribution in [1.82, 2.24) is 4.98 Å². The number of aromatic amines is 1. The number of hydrogen-bond acceptors (Lipinski definition) is 4. The van der Waals surface area contributed by atoms with Gasteiger partial charge >= 0.3 is 5.97 Å². The smallest absolute Gasteiger partial charge is 0.341 e. The highest BCUT2D eigenvalue weighted by Crippen LogP contribution is 2.32. The van der Waals surface area contributed by atoms with E-state index in [1.807, 2.05) is 19.9 Å². The van der Waals surface area contributed by atoms with Gasteiger partial charge in [-0.1, -0.05) is 36.7 Å². The number of fused-ring (bicyclic) bond motifs is 1. The monoisotopic (exact) mass is 461 g/mol. The van der Waals surface area contributed by atoms with Crippen molar-refractivity contribution in [2.75, 3.05) is 19.8 Å². The molecule has 0 aliphatic carbocycles. The number of carboxylic acid groups (broad SMARTS) is 1. The van der Waals surface area contributed by atoms with Crippen LogP contribution in [0.1, 0.15) is 46.8 Å². The highest BCUT2D eigenvalue weighted by atomic mass is 35.5. The van der Waals surface area contributed by atoms with E-state index < -0.39 is 22.8 Å². The van der Waals surface area contributed by atoms with Crippen LogP contribution in [0.15, 0.2) is 41.3 Å². The molecule has 2 unspecified atom stereocenters. The maximum absolute atomic E-state index is 14.5. The van der Waals surface area contributed by atoms with Crippen molar-refractivity contribution in [3.05, 3.63) is 79.8 Å². The standard InChI is InChI=1S/C24H25ClFNO5/c1-3-32-12-13(2)19(11-28)16-8-14(7-15-5-4-6-20(25)21(15)26)9-17-22(16)27-10-18(23(17)29)24(30)31/h4-6,8-10,13,19,28H,3,7,11-12H2,1-2H3,(H,27,29)(H,30,31). The van der Waals surface area contributed by atoms with E-state index in [-0.39, 0.29) is 35.3 Å². The zero-order valence-electron chi connectivity index (χ0n) is 17.8. The zero-order chi connectivity index (χ0) is 23.4. The first kappa shape index (κ1) is 23.9. The van der Waals surface area contributed by atoms with Gasteiger partial charge in [-0.15, -0.1) is 0 Å². The van der Waals surface area contributed by atoms with E-state index in [9.17, 15) is 24.2 Å².